The number of rotatable bonds is 11. The molecule has 0 radical (unpaired) electrons. The Hall–Kier alpha value is -3.88. The number of nitrogens with zero attached hydrogens (tertiary/aromatic N) is 7. The molecule has 1 aliphatic carbocycles. The average Bonchev–Trinajstić information content (AvgIpc) is 3.32. The van der Waals surface area contributed by atoms with E-state index in [1.54, 1.807) is 23.4 Å². The summed E-state index contributed by atoms with van der Waals surface area (Å²) in [4.78, 5) is 32.7. The van der Waals surface area contributed by atoms with E-state index in [1.165, 1.54) is 47.4 Å². The van der Waals surface area contributed by atoms with Crippen LogP contribution in [0.2, 0.25) is 0 Å². The van der Waals surface area contributed by atoms with Gasteiger partial charge in [-0.2, -0.15) is 13.1 Å². The van der Waals surface area contributed by atoms with Gasteiger partial charge in [-0.1, -0.05) is 0 Å². The van der Waals surface area contributed by atoms with Gasteiger partial charge in [0.2, 0.25) is 0 Å². The molecule has 1 spiro atoms. The molecule has 2 aromatic rings. The third-order valence-electron chi connectivity index (χ3n) is 9.96. The van der Waals surface area contributed by atoms with Crippen LogP contribution in [-0.4, -0.2) is 95.5 Å². The van der Waals surface area contributed by atoms with Gasteiger partial charge < -0.3 is 19.4 Å². The molecule has 264 valence electrons. The third-order valence-corrected chi connectivity index (χ3v) is 11.4. The number of benzene rings is 1. The number of ether oxygens (including phenoxy) is 1. The summed E-state index contributed by atoms with van der Waals surface area (Å²) in [7, 11) is -3.66. The SMILES string of the molecule is CC(C)N(C(=O)c1cc(F)ccc1Oc1cncnc1N1CC[C@@H](CN2CC3(CCC(NS(=O)(=O)N4C=CC=NC=C4)CC3)C2)C1)C(C)C. The molecular formula is C35H47FN8O4S. The van der Waals surface area contributed by atoms with Gasteiger partial charge in [0.25, 0.3) is 5.91 Å². The van der Waals surface area contributed by atoms with Gasteiger partial charge in [-0.15, -0.1) is 0 Å². The van der Waals surface area contributed by atoms with Gasteiger partial charge in [-0.05, 0) is 95.4 Å². The molecule has 4 aliphatic rings. The Morgan fingerprint density at radius 3 is 2.59 bits per heavy atom. The third kappa shape index (κ3) is 7.97. The van der Waals surface area contributed by atoms with Crippen molar-refractivity contribution in [2.75, 3.05) is 37.6 Å². The van der Waals surface area contributed by atoms with Crippen molar-refractivity contribution >= 4 is 28.1 Å². The normalized spacial score (nSPS) is 21.1. The number of halogens is 1. The number of hydrogen-bond donors (Lipinski definition) is 1. The van der Waals surface area contributed by atoms with Crippen LogP contribution in [0.4, 0.5) is 10.2 Å². The van der Waals surface area contributed by atoms with E-state index >= 15 is 0 Å². The minimum Gasteiger partial charge on any atom is -0.451 e. The second kappa shape index (κ2) is 14.5. The Balaban J connectivity index is 1.02. The highest BCUT2D eigenvalue weighted by Gasteiger charge is 2.46. The lowest BCUT2D eigenvalue weighted by Gasteiger charge is -2.54. The number of amides is 1. The molecule has 1 aromatic heterocycles. The highest BCUT2D eigenvalue weighted by atomic mass is 32.2. The molecule has 0 bridgehead atoms. The van der Waals surface area contributed by atoms with Crippen LogP contribution in [0.3, 0.4) is 0 Å². The molecule has 6 rings (SSSR count). The largest absolute Gasteiger partial charge is 0.451 e. The molecule has 0 unspecified atom stereocenters. The number of aromatic nitrogens is 2. The van der Waals surface area contributed by atoms with Crippen LogP contribution >= 0.6 is 0 Å². The molecular weight excluding hydrogens is 648 g/mol. The smallest absolute Gasteiger partial charge is 0.305 e. The van der Waals surface area contributed by atoms with E-state index in [2.05, 4.69) is 29.5 Å². The van der Waals surface area contributed by atoms with Gasteiger partial charge in [0.1, 0.15) is 17.9 Å². The maximum atomic E-state index is 14.4. The van der Waals surface area contributed by atoms with Crippen LogP contribution in [-0.2, 0) is 10.2 Å². The number of hydrogen-bond acceptors (Lipinski definition) is 9. The van der Waals surface area contributed by atoms with Gasteiger partial charge >= 0.3 is 10.2 Å². The molecule has 3 aliphatic heterocycles. The zero-order valence-corrected chi connectivity index (χ0v) is 29.5. The summed E-state index contributed by atoms with van der Waals surface area (Å²) in [5.74, 6) is 1.01. The first-order valence-electron chi connectivity index (χ1n) is 17.2. The van der Waals surface area contributed by atoms with E-state index < -0.39 is 16.0 Å². The van der Waals surface area contributed by atoms with Crippen LogP contribution in [0.25, 0.3) is 0 Å². The molecule has 49 heavy (non-hydrogen) atoms. The van der Waals surface area contributed by atoms with E-state index in [1.807, 2.05) is 27.7 Å². The van der Waals surface area contributed by atoms with E-state index in [4.69, 9.17) is 4.74 Å². The molecule has 4 heterocycles. The van der Waals surface area contributed by atoms with Crippen molar-refractivity contribution < 1.29 is 22.3 Å². The van der Waals surface area contributed by atoms with E-state index in [0.717, 1.165) is 64.8 Å². The van der Waals surface area contributed by atoms with Crippen molar-refractivity contribution in [2.45, 2.75) is 77.9 Å². The summed E-state index contributed by atoms with van der Waals surface area (Å²) in [5, 5.41) is 0. The highest BCUT2D eigenvalue weighted by Crippen LogP contribution is 2.45. The minimum atomic E-state index is -3.66. The molecule has 1 amide bonds. The van der Waals surface area contributed by atoms with Gasteiger partial charge in [-0.3, -0.25) is 9.79 Å². The fourth-order valence-corrected chi connectivity index (χ4v) is 8.97. The number of carbonyl (C=O) groups excluding carboxylic acids is 1. The summed E-state index contributed by atoms with van der Waals surface area (Å²) in [6.45, 7) is 12.4. The van der Waals surface area contributed by atoms with Crippen molar-refractivity contribution in [1.29, 1.82) is 0 Å². The predicted octanol–water partition coefficient (Wildman–Crippen LogP) is 4.94. The highest BCUT2D eigenvalue weighted by molar-refractivity contribution is 7.87. The second-order valence-corrected chi connectivity index (χ2v) is 15.9. The summed E-state index contributed by atoms with van der Waals surface area (Å²) < 4.78 is 50.5. The first kappa shape index (κ1) is 35.0. The molecule has 1 saturated carbocycles. The van der Waals surface area contributed by atoms with E-state index in [9.17, 15) is 17.6 Å². The van der Waals surface area contributed by atoms with Crippen LogP contribution in [0.1, 0.15) is 70.2 Å². The summed E-state index contributed by atoms with van der Waals surface area (Å²) in [5.41, 5.74) is 0.422. The number of nitrogens with one attached hydrogen (secondary N) is 1. The van der Waals surface area contributed by atoms with Crippen LogP contribution in [0, 0.1) is 17.2 Å². The predicted molar refractivity (Wildman–Crippen MR) is 187 cm³/mol. The molecule has 1 N–H and O–H groups in total. The summed E-state index contributed by atoms with van der Waals surface area (Å²) in [6.07, 6.45) is 15.3. The number of anilines is 1. The number of allylic oxidation sites excluding steroid dienone is 1. The second-order valence-electron chi connectivity index (χ2n) is 14.3. The van der Waals surface area contributed by atoms with Crippen LogP contribution < -0.4 is 14.4 Å². The van der Waals surface area contributed by atoms with E-state index in [0.29, 0.717) is 17.5 Å². The number of carbonyl (C=O) groups is 1. The fraction of sp³-hybridized carbons (Fsp3) is 0.543. The van der Waals surface area contributed by atoms with Crippen molar-refractivity contribution in [3.8, 4) is 11.5 Å². The first-order valence-corrected chi connectivity index (χ1v) is 18.6. The van der Waals surface area contributed by atoms with Crippen molar-refractivity contribution in [3.05, 3.63) is 66.8 Å². The minimum absolute atomic E-state index is 0.0705. The van der Waals surface area contributed by atoms with Gasteiger partial charge in [0.05, 0.1) is 11.8 Å². The summed E-state index contributed by atoms with van der Waals surface area (Å²) >= 11 is 0. The maximum Gasteiger partial charge on any atom is 0.305 e. The van der Waals surface area contributed by atoms with Crippen molar-refractivity contribution in [1.82, 2.24) is 28.8 Å². The average molecular weight is 695 g/mol. The van der Waals surface area contributed by atoms with Gasteiger partial charge in [-0.25, -0.2) is 18.7 Å². The summed E-state index contributed by atoms with van der Waals surface area (Å²) in [6, 6.07) is 3.81. The molecule has 1 aromatic carbocycles. The fourth-order valence-electron chi connectivity index (χ4n) is 7.74. The Morgan fingerprint density at radius 2 is 1.86 bits per heavy atom. The molecule has 14 heteroatoms. The molecule has 1 atom stereocenters. The van der Waals surface area contributed by atoms with E-state index in [-0.39, 0.29) is 40.8 Å². The Labute approximate surface area is 288 Å². The van der Waals surface area contributed by atoms with Crippen molar-refractivity contribution in [2.24, 2.45) is 16.3 Å². The van der Waals surface area contributed by atoms with Gasteiger partial charge in [0, 0.05) is 75.7 Å². The molecule has 3 fully saturated rings. The van der Waals surface area contributed by atoms with Crippen LogP contribution in [0.5, 0.6) is 11.5 Å². The Morgan fingerprint density at radius 1 is 1.10 bits per heavy atom. The number of likely N-dealkylation sites (tertiary alicyclic amines) is 1. The standard InChI is InChI=1S/C35H47FN8O4S/c1-25(2)44(26(3)4)34(45)30-18-28(36)6-7-31(30)48-32-19-38-24-39-33(32)42-16-10-27(21-42)20-41-22-35(23-41)11-8-29(9-12-35)40-49(46,47)43-15-5-13-37-14-17-43/h5-7,13-15,17-19,24-27,29,40H,8-12,16,20-23H2,1-4H3/t27-/m0/s1. The van der Waals surface area contributed by atoms with Crippen molar-refractivity contribution in [3.63, 3.8) is 0 Å². The Bertz CT molecular complexity index is 1670. The lowest BCUT2D eigenvalue weighted by molar-refractivity contribution is -0.0386. The Kier molecular flexibility index (Phi) is 10.4. The zero-order chi connectivity index (χ0) is 34.8. The monoisotopic (exact) mass is 694 g/mol. The maximum absolute atomic E-state index is 14.4. The van der Waals surface area contributed by atoms with Crippen LogP contribution in [0.15, 0.2) is 60.4 Å². The number of aliphatic imine (C=N–C) groups is 1. The lowest BCUT2D eigenvalue weighted by Crippen LogP contribution is -2.59. The zero-order valence-electron chi connectivity index (χ0n) is 28.7. The lowest BCUT2D eigenvalue weighted by atomic mass is 9.67. The molecule has 12 nitrogen and oxygen atoms in total. The topological polar surface area (TPSA) is 124 Å². The molecule has 2 saturated heterocycles. The first-order chi connectivity index (χ1) is 23.4. The quantitative estimate of drug-likeness (QED) is 0.351. The van der Waals surface area contributed by atoms with Gasteiger partial charge in [0.15, 0.2) is 11.6 Å².